The van der Waals surface area contributed by atoms with E-state index in [-0.39, 0.29) is 1.43 Å². The van der Waals surface area contributed by atoms with Crippen molar-refractivity contribution in [3.8, 4) is 5.75 Å². The molecule has 0 saturated carbocycles. The van der Waals surface area contributed by atoms with Crippen LogP contribution in [-0.2, 0) is 4.84 Å². The zero-order chi connectivity index (χ0) is 16.3. The van der Waals surface area contributed by atoms with E-state index in [0.717, 1.165) is 24.2 Å². The molecule has 0 aliphatic rings. The van der Waals surface area contributed by atoms with Crippen molar-refractivity contribution in [1.29, 1.82) is 0 Å². The van der Waals surface area contributed by atoms with Crippen LogP contribution in [0.25, 0.3) is 0 Å². The van der Waals surface area contributed by atoms with Crippen LogP contribution < -0.4 is 10.1 Å². The lowest BCUT2D eigenvalue weighted by atomic mass is 10.3. The largest absolute Gasteiger partial charge is 0.494 e. The summed E-state index contributed by atoms with van der Waals surface area (Å²) in [7, 11) is 0. The molecule has 6 heteroatoms. The van der Waals surface area contributed by atoms with E-state index >= 15 is 0 Å². The SMILES string of the molecule is CCCCOc1ccc(NC(=O)O/N=C/c2cccnc2)cc1.[HH]. The van der Waals surface area contributed by atoms with Gasteiger partial charge >= 0.3 is 6.09 Å². The minimum absolute atomic E-state index is 0. The zero-order valence-electron chi connectivity index (χ0n) is 12.9. The highest BCUT2D eigenvalue weighted by molar-refractivity contribution is 5.85. The van der Waals surface area contributed by atoms with E-state index in [9.17, 15) is 4.79 Å². The van der Waals surface area contributed by atoms with Crippen LogP contribution in [0, 0.1) is 0 Å². The minimum Gasteiger partial charge on any atom is -0.494 e. The van der Waals surface area contributed by atoms with Crippen LogP contribution in [0.15, 0.2) is 53.9 Å². The number of oxime groups is 1. The second kappa shape index (κ2) is 9.19. The normalized spacial score (nSPS) is 10.5. The summed E-state index contributed by atoms with van der Waals surface area (Å²) >= 11 is 0. The summed E-state index contributed by atoms with van der Waals surface area (Å²) in [4.78, 5) is 20.3. The number of hydrogen-bond donors (Lipinski definition) is 1. The highest BCUT2D eigenvalue weighted by Gasteiger charge is 2.03. The first-order valence-corrected chi connectivity index (χ1v) is 7.42. The van der Waals surface area contributed by atoms with Crippen LogP contribution >= 0.6 is 0 Å². The molecule has 0 aliphatic carbocycles. The Morgan fingerprint density at radius 3 is 2.87 bits per heavy atom. The quantitative estimate of drug-likeness (QED) is 0.361. The maximum atomic E-state index is 11.6. The number of hydrogen-bond acceptors (Lipinski definition) is 5. The third-order valence-electron chi connectivity index (χ3n) is 2.89. The molecule has 0 radical (unpaired) electrons. The Morgan fingerprint density at radius 2 is 2.17 bits per heavy atom. The van der Waals surface area contributed by atoms with E-state index < -0.39 is 6.09 Å². The van der Waals surface area contributed by atoms with E-state index in [2.05, 4.69) is 22.4 Å². The minimum atomic E-state index is -0.662. The molecule has 0 atom stereocenters. The van der Waals surface area contributed by atoms with Gasteiger partial charge in [0.05, 0.1) is 12.8 Å². The molecule has 1 heterocycles. The average Bonchev–Trinajstić information content (AvgIpc) is 2.58. The van der Waals surface area contributed by atoms with Crippen molar-refractivity contribution in [3.05, 3.63) is 54.4 Å². The third kappa shape index (κ3) is 6.17. The summed E-state index contributed by atoms with van der Waals surface area (Å²) < 4.78 is 5.55. The molecule has 122 valence electrons. The second-order valence-electron chi connectivity index (χ2n) is 4.75. The summed E-state index contributed by atoms with van der Waals surface area (Å²) in [5.74, 6) is 0.770. The van der Waals surface area contributed by atoms with E-state index in [1.807, 2.05) is 0 Å². The van der Waals surface area contributed by atoms with Crippen molar-refractivity contribution in [1.82, 2.24) is 4.98 Å². The smallest absolute Gasteiger partial charge is 0.437 e. The second-order valence-corrected chi connectivity index (χ2v) is 4.75. The maximum Gasteiger partial charge on any atom is 0.437 e. The van der Waals surface area contributed by atoms with Gasteiger partial charge in [-0.1, -0.05) is 24.6 Å². The number of anilines is 1. The van der Waals surface area contributed by atoms with Gasteiger partial charge in [-0.25, -0.2) is 4.79 Å². The molecule has 2 aromatic rings. The Morgan fingerprint density at radius 1 is 1.35 bits per heavy atom. The number of pyridine rings is 1. The molecule has 0 aliphatic heterocycles. The number of ether oxygens (including phenoxy) is 1. The number of nitrogens with one attached hydrogen (secondary N) is 1. The van der Waals surface area contributed by atoms with Gasteiger partial charge in [0.25, 0.3) is 0 Å². The van der Waals surface area contributed by atoms with Crippen molar-refractivity contribution in [2.75, 3.05) is 11.9 Å². The van der Waals surface area contributed by atoms with Crippen LogP contribution in [0.1, 0.15) is 26.8 Å². The van der Waals surface area contributed by atoms with Crippen molar-refractivity contribution in [3.63, 3.8) is 0 Å². The molecule has 1 N–H and O–H groups in total. The van der Waals surface area contributed by atoms with Crippen molar-refractivity contribution < 1.29 is 15.8 Å². The highest BCUT2D eigenvalue weighted by Crippen LogP contribution is 2.16. The molecule has 1 amide bonds. The van der Waals surface area contributed by atoms with Gasteiger partial charge in [0, 0.05) is 25.1 Å². The first kappa shape index (κ1) is 16.5. The molecular weight excluding hydrogens is 294 g/mol. The van der Waals surface area contributed by atoms with Crippen LogP contribution in [-0.4, -0.2) is 23.9 Å². The molecule has 0 bridgehead atoms. The average molecular weight is 315 g/mol. The van der Waals surface area contributed by atoms with Crippen LogP contribution in [0.2, 0.25) is 0 Å². The van der Waals surface area contributed by atoms with Crippen LogP contribution in [0.4, 0.5) is 10.5 Å². The highest BCUT2D eigenvalue weighted by atomic mass is 16.7. The molecular formula is C17H21N3O3. The third-order valence-corrected chi connectivity index (χ3v) is 2.89. The zero-order valence-corrected chi connectivity index (χ0v) is 12.9. The van der Waals surface area contributed by atoms with Gasteiger partial charge in [-0.15, -0.1) is 0 Å². The molecule has 1 aromatic heterocycles. The number of benzene rings is 1. The molecule has 6 nitrogen and oxygen atoms in total. The van der Waals surface area contributed by atoms with Crippen molar-refractivity contribution in [2.45, 2.75) is 19.8 Å². The number of amides is 1. The number of carbonyl (C=O) groups is 1. The predicted molar refractivity (Wildman–Crippen MR) is 90.9 cm³/mol. The van der Waals surface area contributed by atoms with E-state index in [1.165, 1.54) is 6.21 Å². The van der Waals surface area contributed by atoms with Crippen molar-refractivity contribution in [2.24, 2.45) is 5.16 Å². The van der Waals surface area contributed by atoms with Gasteiger partial charge in [-0.2, -0.15) is 0 Å². The van der Waals surface area contributed by atoms with Gasteiger partial charge in [0.1, 0.15) is 5.75 Å². The summed E-state index contributed by atoms with van der Waals surface area (Å²) in [6, 6.07) is 10.6. The number of unbranched alkanes of at least 4 members (excludes halogenated alkanes) is 1. The predicted octanol–water partition coefficient (Wildman–Crippen LogP) is 4.09. The lowest BCUT2D eigenvalue weighted by molar-refractivity contribution is 0.167. The molecule has 0 spiro atoms. The first-order chi connectivity index (χ1) is 11.3. The topological polar surface area (TPSA) is 72.8 Å². The summed E-state index contributed by atoms with van der Waals surface area (Å²) in [5, 5.41) is 6.18. The lowest BCUT2D eigenvalue weighted by Crippen LogP contribution is -2.10. The molecule has 23 heavy (non-hydrogen) atoms. The van der Waals surface area contributed by atoms with Crippen LogP contribution in [0.5, 0.6) is 5.75 Å². The number of rotatable bonds is 7. The van der Waals surface area contributed by atoms with E-state index in [1.54, 1.807) is 48.8 Å². The Labute approximate surface area is 136 Å². The van der Waals surface area contributed by atoms with Gasteiger partial charge in [-0.3, -0.25) is 15.1 Å². The summed E-state index contributed by atoms with van der Waals surface area (Å²) in [6.45, 7) is 2.80. The Hall–Kier alpha value is -2.89. The Kier molecular flexibility index (Phi) is 6.59. The standard InChI is InChI=1S/C17H19N3O3.H2/c1-2-3-11-22-16-8-6-15(7-9-16)20-17(21)23-19-13-14-5-4-10-18-12-14;/h4-10,12-13H,2-3,11H2,1H3,(H,20,21);1H/b19-13+;. The first-order valence-electron chi connectivity index (χ1n) is 7.42. The fourth-order valence-corrected chi connectivity index (χ4v) is 1.70. The summed E-state index contributed by atoms with van der Waals surface area (Å²) in [5.41, 5.74) is 1.35. The molecule has 0 saturated heterocycles. The molecule has 2 rings (SSSR count). The van der Waals surface area contributed by atoms with Crippen LogP contribution in [0.3, 0.4) is 0 Å². The number of aromatic nitrogens is 1. The van der Waals surface area contributed by atoms with E-state index in [0.29, 0.717) is 12.3 Å². The van der Waals surface area contributed by atoms with Gasteiger partial charge < -0.3 is 4.74 Å². The lowest BCUT2D eigenvalue weighted by Gasteiger charge is -2.06. The monoisotopic (exact) mass is 315 g/mol. The van der Waals surface area contributed by atoms with Gasteiger partial charge in [0.2, 0.25) is 0 Å². The van der Waals surface area contributed by atoms with Crippen molar-refractivity contribution >= 4 is 18.0 Å². The van der Waals surface area contributed by atoms with E-state index in [4.69, 9.17) is 9.57 Å². The fourth-order valence-electron chi connectivity index (χ4n) is 1.70. The Balaban J connectivity index is 0.00000288. The van der Waals surface area contributed by atoms with Gasteiger partial charge in [-0.05, 0) is 36.8 Å². The molecule has 1 aromatic carbocycles. The molecule has 0 unspecified atom stereocenters. The molecule has 0 fully saturated rings. The maximum absolute atomic E-state index is 11.6. The fraction of sp³-hybridized carbons (Fsp3) is 0.235. The Bertz CT molecular complexity index is 633. The summed E-state index contributed by atoms with van der Waals surface area (Å²) in [6.07, 6.45) is 6.12. The van der Waals surface area contributed by atoms with Gasteiger partial charge in [0.15, 0.2) is 0 Å². The number of nitrogens with zero attached hydrogens (tertiary/aromatic N) is 2. The number of carbonyl (C=O) groups excluding carboxylic acids is 1.